The lowest BCUT2D eigenvalue weighted by atomic mass is 10.1. The monoisotopic (exact) mass is 305 g/mol. The molecule has 3 rings (SSSR count). The van der Waals surface area contributed by atoms with Crippen LogP contribution < -0.4 is 5.73 Å². The van der Waals surface area contributed by atoms with Gasteiger partial charge >= 0.3 is 0 Å². The van der Waals surface area contributed by atoms with Crippen LogP contribution in [0.5, 0.6) is 0 Å². The van der Waals surface area contributed by atoms with Crippen molar-refractivity contribution in [3.63, 3.8) is 0 Å². The maximum absolute atomic E-state index is 13.1. The Kier molecular flexibility index (Phi) is 2.56. The molecule has 0 aliphatic carbocycles. The SMILES string of the molecule is Nc1cc(-c2cn3cc(Br)ccc3n2)ccc1F. The van der Waals surface area contributed by atoms with Crippen LogP contribution in [0.4, 0.5) is 10.1 Å². The average Bonchev–Trinajstić information content (AvgIpc) is 2.75. The minimum Gasteiger partial charge on any atom is -0.396 e. The minimum absolute atomic E-state index is 0.130. The van der Waals surface area contributed by atoms with Gasteiger partial charge in [-0.3, -0.25) is 0 Å². The molecule has 0 aliphatic heterocycles. The van der Waals surface area contributed by atoms with E-state index in [0.29, 0.717) is 0 Å². The molecule has 0 fully saturated rings. The highest BCUT2D eigenvalue weighted by Crippen LogP contribution is 2.23. The van der Waals surface area contributed by atoms with Crippen molar-refractivity contribution >= 4 is 27.3 Å². The molecule has 0 spiro atoms. The first-order chi connectivity index (χ1) is 8.63. The normalized spacial score (nSPS) is 11.0. The minimum atomic E-state index is -0.412. The second-order valence-corrected chi connectivity index (χ2v) is 4.89. The molecule has 2 aromatic heterocycles. The maximum atomic E-state index is 13.1. The first kappa shape index (κ1) is 11.2. The quantitative estimate of drug-likeness (QED) is 0.699. The highest BCUT2D eigenvalue weighted by Gasteiger charge is 2.06. The van der Waals surface area contributed by atoms with Gasteiger partial charge in [-0.15, -0.1) is 0 Å². The second kappa shape index (κ2) is 4.10. The number of benzene rings is 1. The van der Waals surface area contributed by atoms with Crippen LogP contribution in [0.15, 0.2) is 47.2 Å². The Morgan fingerprint density at radius 1 is 1.17 bits per heavy atom. The lowest BCUT2D eigenvalue weighted by Crippen LogP contribution is -1.90. The zero-order valence-corrected chi connectivity index (χ0v) is 10.9. The number of nitrogens with two attached hydrogens (primary N) is 1. The van der Waals surface area contributed by atoms with Gasteiger partial charge in [0.15, 0.2) is 0 Å². The van der Waals surface area contributed by atoms with E-state index < -0.39 is 5.82 Å². The number of nitrogen functional groups attached to an aromatic ring is 1. The summed E-state index contributed by atoms with van der Waals surface area (Å²) in [5, 5.41) is 0. The molecule has 2 heterocycles. The largest absolute Gasteiger partial charge is 0.396 e. The van der Waals surface area contributed by atoms with E-state index in [1.165, 1.54) is 6.07 Å². The van der Waals surface area contributed by atoms with E-state index in [0.717, 1.165) is 21.4 Å². The van der Waals surface area contributed by atoms with Gasteiger partial charge in [0, 0.05) is 22.4 Å². The van der Waals surface area contributed by atoms with Gasteiger partial charge in [-0.1, -0.05) is 0 Å². The van der Waals surface area contributed by atoms with E-state index in [1.54, 1.807) is 12.1 Å². The fraction of sp³-hybridized carbons (Fsp3) is 0. The van der Waals surface area contributed by atoms with Gasteiger partial charge < -0.3 is 10.1 Å². The molecule has 18 heavy (non-hydrogen) atoms. The predicted molar refractivity (Wildman–Crippen MR) is 72.7 cm³/mol. The number of anilines is 1. The first-order valence-electron chi connectivity index (χ1n) is 5.33. The molecule has 3 nitrogen and oxygen atoms in total. The molecule has 1 aromatic carbocycles. The predicted octanol–water partition coefficient (Wildman–Crippen LogP) is 3.49. The lowest BCUT2D eigenvalue weighted by molar-refractivity contribution is 0.632. The Balaban J connectivity index is 2.16. The third kappa shape index (κ3) is 1.86. The van der Waals surface area contributed by atoms with Crippen LogP contribution in [-0.2, 0) is 0 Å². The van der Waals surface area contributed by atoms with Gasteiger partial charge in [-0.2, -0.15) is 0 Å². The van der Waals surface area contributed by atoms with Gasteiger partial charge in [0.2, 0.25) is 0 Å². The number of rotatable bonds is 1. The Labute approximate surface area is 111 Å². The summed E-state index contributed by atoms with van der Waals surface area (Å²) in [5.74, 6) is -0.412. The van der Waals surface area contributed by atoms with Gasteiger partial charge in [0.1, 0.15) is 11.5 Å². The third-order valence-electron chi connectivity index (χ3n) is 2.71. The highest BCUT2D eigenvalue weighted by molar-refractivity contribution is 9.10. The molecule has 0 amide bonds. The molecule has 2 N–H and O–H groups in total. The van der Waals surface area contributed by atoms with E-state index in [2.05, 4.69) is 20.9 Å². The number of halogens is 2. The molecule has 0 aliphatic rings. The lowest BCUT2D eigenvalue weighted by Gasteiger charge is -1.99. The van der Waals surface area contributed by atoms with E-state index in [1.807, 2.05) is 28.9 Å². The summed E-state index contributed by atoms with van der Waals surface area (Å²) in [5.41, 5.74) is 8.08. The summed E-state index contributed by atoms with van der Waals surface area (Å²) in [6.07, 6.45) is 3.80. The van der Waals surface area contributed by atoms with E-state index in [4.69, 9.17) is 5.73 Å². The molecular formula is C13H9BrFN3. The summed E-state index contributed by atoms with van der Waals surface area (Å²) in [4.78, 5) is 4.46. The Morgan fingerprint density at radius 3 is 2.78 bits per heavy atom. The van der Waals surface area contributed by atoms with Crippen molar-refractivity contribution < 1.29 is 4.39 Å². The van der Waals surface area contributed by atoms with Crippen molar-refractivity contribution in [1.29, 1.82) is 0 Å². The molecule has 5 heteroatoms. The Hall–Kier alpha value is -1.88. The molecule has 3 aromatic rings. The van der Waals surface area contributed by atoms with Crippen molar-refractivity contribution in [3.8, 4) is 11.3 Å². The summed E-state index contributed by atoms with van der Waals surface area (Å²) < 4.78 is 16.0. The smallest absolute Gasteiger partial charge is 0.146 e. The van der Waals surface area contributed by atoms with Crippen LogP contribution in [0.3, 0.4) is 0 Å². The molecule has 0 radical (unpaired) electrons. The Bertz CT molecular complexity index is 736. The third-order valence-corrected chi connectivity index (χ3v) is 3.18. The summed E-state index contributed by atoms with van der Waals surface area (Å²) >= 11 is 3.40. The standard InChI is InChI=1S/C13H9BrFN3/c14-9-2-4-13-17-12(7-18(13)6-9)8-1-3-10(15)11(16)5-8/h1-7H,16H2. The van der Waals surface area contributed by atoms with Gasteiger partial charge in [-0.25, -0.2) is 9.37 Å². The molecule has 0 bridgehead atoms. The molecule has 0 saturated heterocycles. The molecule has 0 atom stereocenters. The zero-order valence-electron chi connectivity index (χ0n) is 9.27. The number of aromatic nitrogens is 2. The number of imidazole rings is 1. The summed E-state index contributed by atoms with van der Waals surface area (Å²) in [6.45, 7) is 0. The summed E-state index contributed by atoms with van der Waals surface area (Å²) in [6, 6.07) is 8.44. The molecule has 0 unspecified atom stereocenters. The maximum Gasteiger partial charge on any atom is 0.146 e. The van der Waals surface area contributed by atoms with Gasteiger partial charge in [-0.05, 0) is 46.3 Å². The highest BCUT2D eigenvalue weighted by atomic mass is 79.9. The van der Waals surface area contributed by atoms with Crippen LogP contribution >= 0.6 is 15.9 Å². The van der Waals surface area contributed by atoms with Crippen molar-refractivity contribution in [2.45, 2.75) is 0 Å². The average molecular weight is 306 g/mol. The molecule has 90 valence electrons. The topological polar surface area (TPSA) is 43.3 Å². The zero-order chi connectivity index (χ0) is 12.7. The van der Waals surface area contributed by atoms with E-state index >= 15 is 0 Å². The molecule has 0 saturated carbocycles. The van der Waals surface area contributed by atoms with Gasteiger partial charge in [0.25, 0.3) is 0 Å². The van der Waals surface area contributed by atoms with Crippen molar-refractivity contribution in [2.24, 2.45) is 0 Å². The van der Waals surface area contributed by atoms with E-state index in [-0.39, 0.29) is 5.69 Å². The van der Waals surface area contributed by atoms with Crippen molar-refractivity contribution in [3.05, 3.63) is 53.0 Å². The van der Waals surface area contributed by atoms with E-state index in [9.17, 15) is 4.39 Å². The van der Waals surface area contributed by atoms with Crippen LogP contribution in [0, 0.1) is 5.82 Å². The van der Waals surface area contributed by atoms with Gasteiger partial charge in [0.05, 0.1) is 11.4 Å². The number of hydrogen-bond acceptors (Lipinski definition) is 2. The first-order valence-corrected chi connectivity index (χ1v) is 6.12. The molecular weight excluding hydrogens is 297 g/mol. The number of pyridine rings is 1. The second-order valence-electron chi connectivity index (χ2n) is 3.98. The van der Waals surface area contributed by atoms with Crippen LogP contribution in [0.25, 0.3) is 16.9 Å². The Morgan fingerprint density at radius 2 is 2.00 bits per heavy atom. The fourth-order valence-electron chi connectivity index (χ4n) is 1.81. The number of fused-ring (bicyclic) bond motifs is 1. The number of hydrogen-bond donors (Lipinski definition) is 1. The summed E-state index contributed by atoms with van der Waals surface area (Å²) in [7, 11) is 0. The van der Waals surface area contributed by atoms with Crippen LogP contribution in [0.2, 0.25) is 0 Å². The van der Waals surface area contributed by atoms with Crippen LogP contribution in [-0.4, -0.2) is 9.38 Å². The fourth-order valence-corrected chi connectivity index (χ4v) is 2.16. The van der Waals surface area contributed by atoms with Crippen molar-refractivity contribution in [2.75, 3.05) is 5.73 Å². The van der Waals surface area contributed by atoms with Crippen LogP contribution in [0.1, 0.15) is 0 Å². The number of nitrogens with zero attached hydrogens (tertiary/aromatic N) is 2. The van der Waals surface area contributed by atoms with Crippen molar-refractivity contribution in [1.82, 2.24) is 9.38 Å².